The maximum atomic E-state index is 14.4. The molecule has 0 bridgehead atoms. The molecule has 16 heteroatoms. The fraction of sp³-hybridized carbons (Fsp3) is 0.537. The zero-order chi connectivity index (χ0) is 41.6. The van der Waals surface area contributed by atoms with Gasteiger partial charge < -0.3 is 47.4 Å². The van der Waals surface area contributed by atoms with E-state index in [9.17, 15) is 39.0 Å². The number of nitrogens with zero attached hydrogens (tertiary/aromatic N) is 2. The third-order valence-electron chi connectivity index (χ3n) is 10.7. The minimum Gasteiger partial charge on any atom is -0.508 e. The summed E-state index contributed by atoms with van der Waals surface area (Å²) in [6.07, 6.45) is 3.00. The van der Waals surface area contributed by atoms with E-state index in [2.05, 4.69) is 31.6 Å². The highest BCUT2D eigenvalue weighted by molar-refractivity contribution is 5.96. The van der Waals surface area contributed by atoms with Crippen LogP contribution in [0.5, 0.6) is 5.75 Å². The van der Waals surface area contributed by atoms with Gasteiger partial charge in [-0.05, 0) is 47.9 Å². The van der Waals surface area contributed by atoms with Crippen molar-refractivity contribution in [2.75, 3.05) is 13.1 Å². The number of carboxylic acids is 1. The minimum absolute atomic E-state index is 0.0197. The van der Waals surface area contributed by atoms with Gasteiger partial charge in [0.05, 0.1) is 12.4 Å². The largest absolute Gasteiger partial charge is 0.508 e. The summed E-state index contributed by atoms with van der Waals surface area (Å²) in [6, 6.07) is 8.78. The lowest BCUT2D eigenvalue weighted by Gasteiger charge is -2.32. The van der Waals surface area contributed by atoms with E-state index in [1.807, 2.05) is 26.8 Å². The Hall–Kier alpha value is -5.51. The molecular weight excluding hydrogens is 732 g/mol. The van der Waals surface area contributed by atoms with Crippen molar-refractivity contribution >= 4 is 41.8 Å². The van der Waals surface area contributed by atoms with Gasteiger partial charge >= 0.3 is 5.97 Å². The second-order valence-corrected chi connectivity index (χ2v) is 15.4. The van der Waals surface area contributed by atoms with Gasteiger partial charge in [-0.2, -0.15) is 0 Å². The summed E-state index contributed by atoms with van der Waals surface area (Å²) in [5.74, 6) is -4.36. The van der Waals surface area contributed by atoms with Crippen LogP contribution in [0.25, 0.3) is 0 Å². The van der Waals surface area contributed by atoms with Gasteiger partial charge in [0.15, 0.2) is 0 Å². The first-order valence-corrected chi connectivity index (χ1v) is 19.7. The molecule has 5 amide bonds. The number of carbonyl (C=O) groups excluding carboxylic acids is 5. The molecule has 310 valence electrons. The van der Waals surface area contributed by atoms with Crippen LogP contribution in [0.3, 0.4) is 0 Å². The molecule has 8 unspecified atom stereocenters. The Labute approximate surface area is 333 Å². The van der Waals surface area contributed by atoms with Crippen LogP contribution in [0.2, 0.25) is 0 Å². The van der Waals surface area contributed by atoms with Crippen LogP contribution in [0.4, 0.5) is 0 Å². The lowest BCUT2D eigenvalue weighted by Crippen LogP contribution is -2.60. The Morgan fingerprint density at radius 3 is 2.16 bits per heavy atom. The quantitative estimate of drug-likeness (QED) is 0.0946. The van der Waals surface area contributed by atoms with Gasteiger partial charge in [-0.15, -0.1) is 0 Å². The molecule has 0 aromatic heterocycles. The highest BCUT2D eigenvalue weighted by Crippen LogP contribution is 2.22. The Balaban J connectivity index is 1.53. The summed E-state index contributed by atoms with van der Waals surface area (Å²) in [7, 11) is 0. The number of carboxylic acid groups (broad SMARTS) is 1. The Morgan fingerprint density at radius 2 is 1.54 bits per heavy atom. The van der Waals surface area contributed by atoms with Gasteiger partial charge in [0.2, 0.25) is 29.5 Å². The van der Waals surface area contributed by atoms with Crippen molar-refractivity contribution in [1.82, 2.24) is 31.5 Å². The number of hydrogen-bond acceptors (Lipinski definition) is 10. The first-order valence-electron chi connectivity index (χ1n) is 19.7. The highest BCUT2D eigenvalue weighted by Gasteiger charge is 2.41. The fourth-order valence-electron chi connectivity index (χ4n) is 6.86. The van der Waals surface area contributed by atoms with Crippen LogP contribution < -0.4 is 32.3 Å². The number of aliphatic carboxylic acids is 1. The Bertz CT molecular complexity index is 1720. The molecule has 1 saturated heterocycles. The molecule has 4 rings (SSSR count). The lowest BCUT2D eigenvalue weighted by molar-refractivity contribution is -0.145. The number of phenolic OH excluding ortho intramolecular Hbond substituents is 1. The van der Waals surface area contributed by atoms with Crippen molar-refractivity contribution < 1.29 is 39.0 Å². The zero-order valence-electron chi connectivity index (χ0n) is 33.1. The van der Waals surface area contributed by atoms with Gasteiger partial charge in [0.25, 0.3) is 0 Å². The van der Waals surface area contributed by atoms with Crippen molar-refractivity contribution in [1.29, 1.82) is 0 Å². The number of rotatable bonds is 20. The Kier molecular flexibility index (Phi) is 16.4. The monoisotopic (exact) mass is 790 g/mol. The first-order chi connectivity index (χ1) is 27.2. The summed E-state index contributed by atoms with van der Waals surface area (Å²) in [5, 5.41) is 33.8. The Morgan fingerprint density at radius 1 is 0.877 bits per heavy atom. The second-order valence-electron chi connectivity index (χ2n) is 15.4. The van der Waals surface area contributed by atoms with Crippen LogP contribution in [-0.2, 0) is 41.6 Å². The summed E-state index contributed by atoms with van der Waals surface area (Å²) in [4.78, 5) is 87.2. The van der Waals surface area contributed by atoms with Crippen molar-refractivity contribution in [2.45, 2.75) is 115 Å². The van der Waals surface area contributed by atoms with E-state index in [1.54, 1.807) is 43.3 Å². The van der Waals surface area contributed by atoms with E-state index in [1.165, 1.54) is 23.4 Å². The van der Waals surface area contributed by atoms with Gasteiger partial charge in [-0.1, -0.05) is 76.6 Å². The maximum absolute atomic E-state index is 14.4. The molecule has 2 aromatic carbocycles. The topological polar surface area (TPSA) is 245 Å². The number of nitrogens with one attached hydrogen (secondary N) is 5. The molecular formula is C41H58N8O8. The van der Waals surface area contributed by atoms with E-state index < -0.39 is 77.7 Å². The number of aromatic hydroxyl groups is 1. The third kappa shape index (κ3) is 13.0. The lowest BCUT2D eigenvalue weighted by atomic mass is 9.96. The molecule has 9 N–H and O–H groups in total. The van der Waals surface area contributed by atoms with Gasteiger partial charge in [0, 0.05) is 44.8 Å². The van der Waals surface area contributed by atoms with Crippen LogP contribution in [0.1, 0.15) is 70.9 Å². The molecule has 8 atom stereocenters. The number of hydrogen-bond donors (Lipinski definition) is 8. The molecule has 0 aliphatic carbocycles. The van der Waals surface area contributed by atoms with E-state index in [-0.39, 0.29) is 49.9 Å². The van der Waals surface area contributed by atoms with Crippen LogP contribution in [0, 0.1) is 11.8 Å². The molecule has 2 aliphatic rings. The zero-order valence-corrected chi connectivity index (χ0v) is 33.1. The number of aliphatic imine (C=N–C) groups is 1. The highest BCUT2D eigenvalue weighted by atomic mass is 16.4. The molecule has 2 aliphatic heterocycles. The summed E-state index contributed by atoms with van der Waals surface area (Å²) in [6.45, 7) is 8.07. The first kappa shape index (κ1) is 44.2. The van der Waals surface area contributed by atoms with E-state index in [0.717, 1.165) is 5.56 Å². The average molecular weight is 791 g/mol. The standard InChI is InChI=1S/C41H58N8O8/c1-5-25(4)36(48-37(52)31(18-27-13-15-29(50)16-14-27)45-35(51)21-30(42)24(2)3)39(54)46-32(20-28-22-43-23-44-28)40(55)49-17-9-12-34(49)38(53)47-33(41(56)57)19-26-10-7-6-8-11-26/h6-8,10-11,13-16,23-25,28,30-34,36,50H,5,9,12,17-22,42H2,1-4H3,(H,43,44)(H,45,51)(H,46,54)(H,47,53)(H,48,52)(H,56,57). The number of benzene rings is 2. The van der Waals surface area contributed by atoms with Crippen LogP contribution >= 0.6 is 0 Å². The molecule has 57 heavy (non-hydrogen) atoms. The van der Waals surface area contributed by atoms with Gasteiger partial charge in [-0.25, -0.2) is 4.79 Å². The normalized spacial score (nSPS) is 19.4. The smallest absolute Gasteiger partial charge is 0.326 e. The fourth-order valence-corrected chi connectivity index (χ4v) is 6.86. The number of carbonyl (C=O) groups is 6. The number of nitrogens with two attached hydrogens (primary N) is 1. The molecule has 2 heterocycles. The molecule has 0 spiro atoms. The van der Waals surface area contributed by atoms with Crippen molar-refractivity contribution in [3.8, 4) is 5.75 Å². The van der Waals surface area contributed by atoms with Crippen molar-refractivity contribution in [3.05, 3.63) is 65.7 Å². The number of amides is 5. The summed E-state index contributed by atoms with van der Waals surface area (Å²) in [5.41, 5.74) is 7.53. The van der Waals surface area contributed by atoms with Crippen LogP contribution in [-0.4, -0.2) is 112 Å². The molecule has 2 aromatic rings. The third-order valence-corrected chi connectivity index (χ3v) is 10.7. The van der Waals surface area contributed by atoms with E-state index in [0.29, 0.717) is 31.4 Å². The molecule has 16 nitrogen and oxygen atoms in total. The van der Waals surface area contributed by atoms with E-state index >= 15 is 0 Å². The van der Waals surface area contributed by atoms with E-state index in [4.69, 9.17) is 5.73 Å². The second kappa shape index (κ2) is 21.1. The number of likely N-dealkylation sites (tertiary alicyclic amines) is 1. The minimum atomic E-state index is -1.22. The molecule has 1 fully saturated rings. The SMILES string of the molecule is CCC(C)C(NC(=O)C(Cc1ccc(O)cc1)NC(=O)CC(N)C(C)C)C(=O)NC(CC1CNC=N1)C(=O)N1CCCC1C(=O)NC(Cc1ccccc1)C(=O)O. The molecule has 0 radical (unpaired) electrons. The predicted molar refractivity (Wildman–Crippen MR) is 214 cm³/mol. The maximum Gasteiger partial charge on any atom is 0.326 e. The van der Waals surface area contributed by atoms with Crippen molar-refractivity contribution in [3.63, 3.8) is 0 Å². The summed E-state index contributed by atoms with van der Waals surface area (Å²) >= 11 is 0. The average Bonchev–Trinajstić information content (AvgIpc) is 3.90. The van der Waals surface area contributed by atoms with Gasteiger partial charge in [-0.3, -0.25) is 29.0 Å². The number of phenols is 1. The molecule has 0 saturated carbocycles. The summed E-state index contributed by atoms with van der Waals surface area (Å²) < 4.78 is 0. The van der Waals surface area contributed by atoms with Gasteiger partial charge in [0.1, 0.15) is 36.0 Å². The van der Waals surface area contributed by atoms with Crippen LogP contribution in [0.15, 0.2) is 59.6 Å². The predicted octanol–water partition coefficient (Wildman–Crippen LogP) is 1.00. The van der Waals surface area contributed by atoms with Crippen molar-refractivity contribution in [2.24, 2.45) is 22.6 Å².